The largest absolute Gasteiger partial charge is 0.375 e. The van der Waals surface area contributed by atoms with Crippen molar-refractivity contribution < 1.29 is 13.2 Å². The van der Waals surface area contributed by atoms with Crippen LogP contribution in [0.5, 0.6) is 0 Å². The quantitative estimate of drug-likeness (QED) is 0.748. The summed E-state index contributed by atoms with van der Waals surface area (Å²) in [6.45, 7) is 7.53. The fourth-order valence-electron chi connectivity index (χ4n) is 2.39. The molecule has 0 amide bonds. The van der Waals surface area contributed by atoms with E-state index in [0.29, 0.717) is 26.2 Å². The molecule has 2 saturated heterocycles. The van der Waals surface area contributed by atoms with Crippen LogP contribution in [0.15, 0.2) is 0 Å². The van der Waals surface area contributed by atoms with Crippen molar-refractivity contribution in [2.24, 2.45) is 0 Å². The third-order valence-electron chi connectivity index (χ3n) is 3.47. The SMILES string of the molecule is CC1CN(S(=O)(=O)N2CCCNCC2)C(C)CO1. The lowest BCUT2D eigenvalue weighted by atomic mass is 10.2. The summed E-state index contributed by atoms with van der Waals surface area (Å²) in [4.78, 5) is 0. The van der Waals surface area contributed by atoms with Gasteiger partial charge in [0.2, 0.25) is 0 Å². The van der Waals surface area contributed by atoms with Gasteiger partial charge in [0.15, 0.2) is 0 Å². The molecule has 2 aliphatic rings. The van der Waals surface area contributed by atoms with Gasteiger partial charge in [0.1, 0.15) is 0 Å². The van der Waals surface area contributed by atoms with Gasteiger partial charge < -0.3 is 10.1 Å². The van der Waals surface area contributed by atoms with Crippen LogP contribution in [0.3, 0.4) is 0 Å². The topological polar surface area (TPSA) is 61.9 Å². The second-order valence-electron chi connectivity index (χ2n) is 5.07. The van der Waals surface area contributed by atoms with Crippen LogP contribution in [0.4, 0.5) is 0 Å². The van der Waals surface area contributed by atoms with Crippen LogP contribution in [0.25, 0.3) is 0 Å². The molecule has 18 heavy (non-hydrogen) atoms. The summed E-state index contributed by atoms with van der Waals surface area (Å²) in [6, 6.07) is -0.0811. The third kappa shape index (κ3) is 3.03. The van der Waals surface area contributed by atoms with Gasteiger partial charge in [0.05, 0.1) is 12.7 Å². The maximum Gasteiger partial charge on any atom is 0.282 e. The maximum atomic E-state index is 12.6. The number of morpholine rings is 1. The minimum absolute atomic E-state index is 0.0268. The Hall–Kier alpha value is -0.210. The van der Waals surface area contributed by atoms with Crippen molar-refractivity contribution >= 4 is 10.2 Å². The zero-order chi connectivity index (χ0) is 13.2. The Bertz CT molecular complexity index is 366. The molecule has 0 aromatic heterocycles. The monoisotopic (exact) mass is 277 g/mol. The zero-order valence-electron chi connectivity index (χ0n) is 11.1. The second kappa shape index (κ2) is 5.83. The van der Waals surface area contributed by atoms with Gasteiger partial charge in [0, 0.05) is 32.2 Å². The number of nitrogens with one attached hydrogen (secondary N) is 1. The first-order valence-electron chi connectivity index (χ1n) is 6.61. The maximum absolute atomic E-state index is 12.6. The van der Waals surface area contributed by atoms with Gasteiger partial charge in [-0.15, -0.1) is 0 Å². The van der Waals surface area contributed by atoms with Crippen LogP contribution in [0.1, 0.15) is 20.3 Å². The fraction of sp³-hybridized carbons (Fsp3) is 1.00. The molecule has 7 heteroatoms. The number of ether oxygens (including phenoxy) is 1. The highest BCUT2D eigenvalue weighted by Gasteiger charge is 2.36. The molecule has 0 spiro atoms. The summed E-state index contributed by atoms with van der Waals surface area (Å²) >= 11 is 0. The number of rotatable bonds is 2. The Morgan fingerprint density at radius 1 is 1.22 bits per heavy atom. The van der Waals surface area contributed by atoms with E-state index in [9.17, 15) is 8.42 Å². The predicted octanol–water partition coefficient (Wildman–Crippen LogP) is -0.364. The molecule has 2 unspecified atom stereocenters. The lowest BCUT2D eigenvalue weighted by Crippen LogP contribution is -2.55. The minimum Gasteiger partial charge on any atom is -0.375 e. The van der Waals surface area contributed by atoms with Crippen LogP contribution in [0.2, 0.25) is 0 Å². The molecule has 0 aliphatic carbocycles. The van der Waals surface area contributed by atoms with E-state index in [4.69, 9.17) is 4.74 Å². The van der Waals surface area contributed by atoms with E-state index in [-0.39, 0.29) is 12.1 Å². The van der Waals surface area contributed by atoms with Crippen LogP contribution in [-0.4, -0.2) is 68.5 Å². The van der Waals surface area contributed by atoms with Crippen LogP contribution >= 0.6 is 0 Å². The normalized spacial score (nSPS) is 33.2. The Morgan fingerprint density at radius 2 is 2.00 bits per heavy atom. The van der Waals surface area contributed by atoms with Crippen LogP contribution < -0.4 is 5.32 Å². The van der Waals surface area contributed by atoms with Gasteiger partial charge in [-0.25, -0.2) is 0 Å². The van der Waals surface area contributed by atoms with Crippen molar-refractivity contribution in [3.63, 3.8) is 0 Å². The van der Waals surface area contributed by atoms with E-state index in [1.54, 1.807) is 8.61 Å². The van der Waals surface area contributed by atoms with E-state index in [1.165, 1.54) is 0 Å². The molecular weight excluding hydrogens is 254 g/mol. The molecule has 2 atom stereocenters. The Labute approximate surface area is 109 Å². The van der Waals surface area contributed by atoms with E-state index < -0.39 is 10.2 Å². The predicted molar refractivity (Wildman–Crippen MR) is 69.6 cm³/mol. The highest BCUT2D eigenvalue weighted by Crippen LogP contribution is 2.19. The van der Waals surface area contributed by atoms with Crippen molar-refractivity contribution in [2.75, 3.05) is 39.3 Å². The average molecular weight is 277 g/mol. The van der Waals surface area contributed by atoms with E-state index in [0.717, 1.165) is 19.5 Å². The van der Waals surface area contributed by atoms with Crippen LogP contribution in [-0.2, 0) is 14.9 Å². The summed E-state index contributed by atoms with van der Waals surface area (Å²) in [5.41, 5.74) is 0. The standard InChI is InChI=1S/C11H23N3O3S/c1-10-9-17-11(2)8-14(10)18(15,16)13-6-3-4-12-5-7-13/h10-12H,3-9H2,1-2H3. The lowest BCUT2D eigenvalue weighted by Gasteiger charge is -2.38. The fourth-order valence-corrected chi connectivity index (χ4v) is 4.29. The van der Waals surface area contributed by atoms with Crippen LogP contribution in [0, 0.1) is 0 Å². The van der Waals surface area contributed by atoms with Gasteiger partial charge in [-0.05, 0) is 26.8 Å². The molecule has 2 heterocycles. The van der Waals surface area contributed by atoms with Gasteiger partial charge in [-0.1, -0.05) is 0 Å². The zero-order valence-corrected chi connectivity index (χ0v) is 11.9. The molecule has 2 aliphatic heterocycles. The van der Waals surface area contributed by atoms with Gasteiger partial charge in [-0.3, -0.25) is 0 Å². The Kier molecular flexibility index (Phi) is 4.60. The molecule has 6 nitrogen and oxygen atoms in total. The summed E-state index contributed by atoms with van der Waals surface area (Å²) in [7, 11) is -3.34. The lowest BCUT2D eigenvalue weighted by molar-refractivity contribution is -0.0190. The molecule has 0 aromatic rings. The molecule has 0 radical (unpaired) electrons. The Balaban J connectivity index is 2.12. The number of nitrogens with zero attached hydrogens (tertiary/aromatic N) is 2. The van der Waals surface area contributed by atoms with Gasteiger partial charge in [0.25, 0.3) is 10.2 Å². The van der Waals surface area contributed by atoms with Crippen molar-refractivity contribution in [1.82, 2.24) is 13.9 Å². The van der Waals surface area contributed by atoms with Crippen molar-refractivity contribution in [2.45, 2.75) is 32.4 Å². The molecular formula is C11H23N3O3S. The highest BCUT2D eigenvalue weighted by molar-refractivity contribution is 7.86. The van der Waals surface area contributed by atoms with Crippen molar-refractivity contribution in [1.29, 1.82) is 0 Å². The smallest absolute Gasteiger partial charge is 0.282 e. The average Bonchev–Trinajstić information content (AvgIpc) is 2.61. The first-order valence-corrected chi connectivity index (χ1v) is 8.01. The summed E-state index contributed by atoms with van der Waals surface area (Å²) in [6.07, 6.45) is 0.842. The molecule has 2 fully saturated rings. The Morgan fingerprint density at radius 3 is 2.78 bits per heavy atom. The highest BCUT2D eigenvalue weighted by atomic mass is 32.2. The van der Waals surface area contributed by atoms with E-state index in [2.05, 4.69) is 5.32 Å². The molecule has 0 aromatic carbocycles. The van der Waals surface area contributed by atoms with Crippen molar-refractivity contribution in [3.05, 3.63) is 0 Å². The summed E-state index contributed by atoms with van der Waals surface area (Å²) < 4.78 is 33.9. The number of hydrogen-bond donors (Lipinski definition) is 1. The van der Waals surface area contributed by atoms with E-state index in [1.807, 2.05) is 13.8 Å². The van der Waals surface area contributed by atoms with Gasteiger partial charge in [-0.2, -0.15) is 17.0 Å². The minimum atomic E-state index is -3.34. The van der Waals surface area contributed by atoms with Gasteiger partial charge >= 0.3 is 0 Å². The first kappa shape index (κ1) is 14.2. The summed E-state index contributed by atoms with van der Waals surface area (Å²) in [5, 5.41) is 3.22. The number of hydrogen-bond acceptors (Lipinski definition) is 4. The first-order chi connectivity index (χ1) is 8.51. The molecule has 0 saturated carbocycles. The van der Waals surface area contributed by atoms with E-state index >= 15 is 0 Å². The molecule has 2 rings (SSSR count). The summed E-state index contributed by atoms with van der Waals surface area (Å²) in [5.74, 6) is 0. The second-order valence-corrected chi connectivity index (χ2v) is 6.95. The third-order valence-corrected chi connectivity index (χ3v) is 5.59. The molecule has 0 bridgehead atoms. The van der Waals surface area contributed by atoms with Crippen molar-refractivity contribution in [3.8, 4) is 0 Å². The molecule has 106 valence electrons. The molecule has 1 N–H and O–H groups in total.